The van der Waals surface area contributed by atoms with E-state index in [9.17, 15) is 9.59 Å². The fourth-order valence-corrected chi connectivity index (χ4v) is 2.72. The number of nitrogens with zero attached hydrogens (tertiary/aromatic N) is 3. The van der Waals surface area contributed by atoms with Crippen molar-refractivity contribution in [3.63, 3.8) is 0 Å². The van der Waals surface area contributed by atoms with Crippen LogP contribution in [0.2, 0.25) is 0 Å². The molecule has 0 saturated heterocycles. The highest BCUT2D eigenvalue weighted by Gasteiger charge is 2.19. The Hall–Kier alpha value is -2.43. The summed E-state index contributed by atoms with van der Waals surface area (Å²) in [5, 5.41) is 4.26. The van der Waals surface area contributed by atoms with Crippen LogP contribution in [0.15, 0.2) is 35.1 Å². The maximum absolute atomic E-state index is 12.9. The highest BCUT2D eigenvalue weighted by Crippen LogP contribution is 2.20. The Balaban J connectivity index is 2.36. The summed E-state index contributed by atoms with van der Waals surface area (Å²) in [7, 11) is 0. The molecule has 1 amide bonds. The van der Waals surface area contributed by atoms with Crippen molar-refractivity contribution in [2.45, 2.75) is 47.1 Å². The van der Waals surface area contributed by atoms with Gasteiger partial charge in [0, 0.05) is 24.8 Å². The van der Waals surface area contributed by atoms with Crippen molar-refractivity contribution in [1.29, 1.82) is 0 Å². The molecule has 1 aromatic heterocycles. The van der Waals surface area contributed by atoms with Gasteiger partial charge < -0.3 is 4.90 Å². The van der Waals surface area contributed by atoms with E-state index >= 15 is 0 Å². The molecule has 24 heavy (non-hydrogen) atoms. The normalized spacial score (nSPS) is 10.7. The van der Waals surface area contributed by atoms with Gasteiger partial charge in [0.2, 0.25) is 0 Å². The number of carbonyl (C=O) groups excluding carboxylic acids is 1. The minimum atomic E-state index is -0.187. The first-order valence-corrected chi connectivity index (χ1v) is 8.44. The second kappa shape index (κ2) is 7.90. The Morgan fingerprint density at radius 1 is 1.12 bits per heavy atom. The van der Waals surface area contributed by atoms with E-state index in [1.54, 1.807) is 4.90 Å². The molecule has 5 nitrogen and oxygen atoms in total. The van der Waals surface area contributed by atoms with Gasteiger partial charge in [-0.1, -0.05) is 19.4 Å². The number of benzene rings is 1. The van der Waals surface area contributed by atoms with Gasteiger partial charge in [-0.25, -0.2) is 4.68 Å². The van der Waals surface area contributed by atoms with Crippen LogP contribution in [0.1, 0.15) is 48.3 Å². The molecule has 0 N–H and O–H groups in total. The molecule has 1 aromatic carbocycles. The number of hydrogen-bond donors (Lipinski definition) is 0. The molecule has 0 aliphatic heterocycles. The topological polar surface area (TPSA) is 55.2 Å². The predicted molar refractivity (Wildman–Crippen MR) is 96.7 cm³/mol. The molecule has 0 fully saturated rings. The van der Waals surface area contributed by atoms with Gasteiger partial charge in [-0.3, -0.25) is 9.59 Å². The van der Waals surface area contributed by atoms with Crippen LogP contribution in [-0.4, -0.2) is 22.2 Å². The third kappa shape index (κ3) is 4.10. The lowest BCUT2D eigenvalue weighted by Gasteiger charge is -2.22. The van der Waals surface area contributed by atoms with Gasteiger partial charge >= 0.3 is 0 Å². The lowest BCUT2D eigenvalue weighted by atomic mass is 10.1. The minimum Gasteiger partial charge on any atom is -0.307 e. The number of unbranched alkanes of at least 4 members (excludes halogenated alkanes) is 1. The fourth-order valence-electron chi connectivity index (χ4n) is 2.72. The first kappa shape index (κ1) is 17.9. The largest absolute Gasteiger partial charge is 0.307 e. The Morgan fingerprint density at radius 3 is 2.38 bits per heavy atom. The smallest absolute Gasteiger partial charge is 0.278 e. The second-order valence-electron chi connectivity index (χ2n) is 6.03. The summed E-state index contributed by atoms with van der Waals surface area (Å²) in [6, 6.07) is 8.98. The van der Waals surface area contributed by atoms with Crippen LogP contribution >= 0.6 is 0 Å². The zero-order valence-electron chi connectivity index (χ0n) is 14.9. The predicted octanol–water partition coefficient (Wildman–Crippen LogP) is 3.33. The molecule has 2 rings (SSSR count). The van der Waals surface area contributed by atoms with Gasteiger partial charge in [0.25, 0.3) is 11.5 Å². The van der Waals surface area contributed by atoms with E-state index in [-0.39, 0.29) is 11.5 Å². The number of hydrogen-bond acceptors (Lipinski definition) is 3. The maximum Gasteiger partial charge on any atom is 0.278 e. The van der Waals surface area contributed by atoms with Gasteiger partial charge in [-0.15, -0.1) is 0 Å². The Morgan fingerprint density at radius 2 is 1.79 bits per heavy atom. The lowest BCUT2D eigenvalue weighted by molar-refractivity contribution is 0.0981. The van der Waals surface area contributed by atoms with Crippen LogP contribution < -0.4 is 10.5 Å². The van der Waals surface area contributed by atoms with Crippen LogP contribution in [0.5, 0.6) is 0 Å². The summed E-state index contributed by atoms with van der Waals surface area (Å²) < 4.78 is 1.38. The van der Waals surface area contributed by atoms with Gasteiger partial charge in [-0.05, 0) is 56.5 Å². The Labute approximate surface area is 142 Å². The van der Waals surface area contributed by atoms with Crippen LogP contribution in [-0.2, 0) is 6.54 Å². The molecule has 0 bridgehead atoms. The van der Waals surface area contributed by atoms with Crippen LogP contribution in [0.4, 0.5) is 5.69 Å². The zero-order valence-corrected chi connectivity index (χ0v) is 14.9. The summed E-state index contributed by atoms with van der Waals surface area (Å²) in [6.45, 7) is 9.08. The molecule has 5 heteroatoms. The van der Waals surface area contributed by atoms with Gasteiger partial charge in [0.15, 0.2) is 0 Å². The molecular weight excluding hydrogens is 302 g/mol. The summed E-state index contributed by atoms with van der Waals surface area (Å²) in [6.07, 6.45) is 1.83. The van der Waals surface area contributed by atoms with Crippen LogP contribution in [0, 0.1) is 13.8 Å². The number of aryl methyl sites for hydroxylation is 3. The summed E-state index contributed by atoms with van der Waals surface area (Å²) in [5.41, 5.74) is 3.20. The molecule has 2 aromatic rings. The first-order chi connectivity index (χ1) is 11.5. The average molecular weight is 327 g/mol. The Kier molecular flexibility index (Phi) is 5.90. The summed E-state index contributed by atoms with van der Waals surface area (Å²) >= 11 is 0. The van der Waals surface area contributed by atoms with E-state index in [4.69, 9.17) is 0 Å². The molecule has 0 radical (unpaired) electrons. The number of anilines is 1. The van der Waals surface area contributed by atoms with Crippen molar-refractivity contribution >= 4 is 11.6 Å². The molecule has 0 spiro atoms. The fraction of sp³-hybridized carbons (Fsp3) is 0.421. The van der Waals surface area contributed by atoms with E-state index in [0.717, 1.165) is 29.7 Å². The zero-order chi connectivity index (χ0) is 17.7. The van der Waals surface area contributed by atoms with Crippen molar-refractivity contribution in [2.75, 3.05) is 11.4 Å². The third-order valence-electron chi connectivity index (χ3n) is 3.89. The van der Waals surface area contributed by atoms with E-state index in [0.29, 0.717) is 18.8 Å². The number of aromatic nitrogens is 2. The molecule has 0 aliphatic rings. The average Bonchev–Trinajstić information content (AvgIpc) is 2.53. The van der Waals surface area contributed by atoms with Crippen molar-refractivity contribution in [3.8, 4) is 0 Å². The molecule has 0 unspecified atom stereocenters. The van der Waals surface area contributed by atoms with E-state index in [1.165, 1.54) is 16.8 Å². The molecular formula is C19H25N3O2. The molecule has 128 valence electrons. The molecule has 0 aliphatic carbocycles. The highest BCUT2D eigenvalue weighted by molar-refractivity contribution is 6.04. The van der Waals surface area contributed by atoms with E-state index in [1.807, 2.05) is 32.9 Å². The molecule has 0 saturated carbocycles. The van der Waals surface area contributed by atoms with E-state index in [2.05, 4.69) is 18.1 Å². The van der Waals surface area contributed by atoms with Crippen LogP contribution in [0.25, 0.3) is 0 Å². The quantitative estimate of drug-likeness (QED) is 0.818. The standard InChI is InChI=1S/C19H25N3O2/c1-5-7-10-22-18(23)9-8-17(20-22)19(24)21(6-2)16-12-14(3)11-15(4)13-16/h8-9,11-13H,5-7,10H2,1-4H3. The summed E-state index contributed by atoms with van der Waals surface area (Å²) in [4.78, 5) is 26.4. The highest BCUT2D eigenvalue weighted by atomic mass is 16.2. The molecule has 0 atom stereocenters. The van der Waals surface area contributed by atoms with Gasteiger partial charge in [-0.2, -0.15) is 5.10 Å². The van der Waals surface area contributed by atoms with E-state index < -0.39 is 0 Å². The number of carbonyl (C=O) groups is 1. The SMILES string of the molecule is CCCCn1nc(C(=O)N(CC)c2cc(C)cc(C)c2)ccc1=O. The van der Waals surface area contributed by atoms with Gasteiger partial charge in [0.05, 0.1) is 0 Å². The lowest BCUT2D eigenvalue weighted by Crippen LogP contribution is -2.34. The second-order valence-corrected chi connectivity index (χ2v) is 6.03. The van der Waals surface area contributed by atoms with Crippen molar-refractivity contribution in [1.82, 2.24) is 9.78 Å². The molecule has 1 heterocycles. The van der Waals surface area contributed by atoms with Crippen LogP contribution in [0.3, 0.4) is 0 Å². The number of amides is 1. The maximum atomic E-state index is 12.9. The minimum absolute atomic E-state index is 0.172. The Bertz CT molecular complexity index is 760. The van der Waals surface area contributed by atoms with Gasteiger partial charge in [0.1, 0.15) is 5.69 Å². The summed E-state index contributed by atoms with van der Waals surface area (Å²) in [5.74, 6) is -0.187. The van der Waals surface area contributed by atoms with Crippen molar-refractivity contribution in [3.05, 3.63) is 57.5 Å². The first-order valence-electron chi connectivity index (χ1n) is 8.44. The third-order valence-corrected chi connectivity index (χ3v) is 3.89. The van der Waals surface area contributed by atoms with Crippen molar-refractivity contribution < 1.29 is 4.79 Å². The van der Waals surface area contributed by atoms with Crippen molar-refractivity contribution in [2.24, 2.45) is 0 Å². The monoisotopic (exact) mass is 327 g/mol. The number of rotatable bonds is 6.